The topological polar surface area (TPSA) is 94.4 Å². The van der Waals surface area contributed by atoms with Crippen molar-refractivity contribution in [3.63, 3.8) is 0 Å². The maximum atomic E-state index is 11.3. The Hall–Kier alpha value is -3.30. The monoisotopic (exact) mass is 546 g/mol. The molecule has 4 heterocycles. The van der Waals surface area contributed by atoms with Gasteiger partial charge in [0.05, 0.1) is 24.3 Å². The van der Waals surface area contributed by atoms with E-state index in [0.717, 1.165) is 38.4 Å². The number of anilines is 1. The van der Waals surface area contributed by atoms with E-state index in [1.807, 2.05) is 22.4 Å². The zero-order valence-electron chi connectivity index (χ0n) is 22.6. The van der Waals surface area contributed by atoms with Crippen LogP contribution in [-0.2, 0) is 0 Å². The SMILES string of the molecule is COc1c(O)ccc2c1-c1ccc3c(c1/C(=C/c1sccc1C(O)N1CCC(O)CC1)O2)C(C)=CC(C)(C)N3. The van der Waals surface area contributed by atoms with Gasteiger partial charge in [-0.1, -0.05) is 12.1 Å². The highest BCUT2D eigenvalue weighted by Gasteiger charge is 2.34. The second-order valence-corrected chi connectivity index (χ2v) is 12.0. The molecule has 3 aromatic rings. The summed E-state index contributed by atoms with van der Waals surface area (Å²) < 4.78 is 12.2. The molecule has 3 aliphatic heterocycles. The molecule has 4 N–H and O–H groups in total. The molecule has 7 nitrogen and oxygen atoms in total. The number of hydrogen-bond donors (Lipinski definition) is 4. The van der Waals surface area contributed by atoms with E-state index in [9.17, 15) is 15.3 Å². The number of allylic oxidation sites excluding steroid dienone is 1. The first-order valence-electron chi connectivity index (χ1n) is 13.3. The van der Waals surface area contributed by atoms with Gasteiger partial charge in [0.15, 0.2) is 11.5 Å². The fourth-order valence-corrected chi connectivity index (χ4v) is 6.90. The van der Waals surface area contributed by atoms with Gasteiger partial charge in [-0.3, -0.25) is 4.90 Å². The van der Waals surface area contributed by atoms with Crippen LogP contribution in [0, 0.1) is 0 Å². The second-order valence-electron chi connectivity index (χ2n) is 11.1. The summed E-state index contributed by atoms with van der Waals surface area (Å²) in [5, 5.41) is 37.4. The van der Waals surface area contributed by atoms with E-state index in [-0.39, 0.29) is 17.4 Å². The van der Waals surface area contributed by atoms with Gasteiger partial charge < -0.3 is 30.1 Å². The molecule has 6 rings (SSSR count). The largest absolute Gasteiger partial charge is 0.504 e. The molecule has 2 aromatic carbocycles. The van der Waals surface area contributed by atoms with Crippen LogP contribution < -0.4 is 14.8 Å². The molecule has 0 radical (unpaired) electrons. The molecule has 1 atom stereocenters. The third kappa shape index (κ3) is 4.51. The standard InChI is InChI=1S/C31H34N2O5S/c1-17-16-31(2,3)32-21-6-5-20-27(26(17)21)24(38-23-8-7-22(35)29(37-4)28(20)23)15-25-19(11-14-39-25)30(36)33-12-9-18(34)10-13-33/h5-8,11,14-16,18,30,32,34-36H,9-10,12-13H2,1-4H3/b24-15-. The van der Waals surface area contributed by atoms with Crippen LogP contribution in [0.5, 0.6) is 17.2 Å². The highest BCUT2D eigenvalue weighted by Crippen LogP contribution is 2.54. The molecule has 204 valence electrons. The number of methoxy groups -OCH3 is 1. The van der Waals surface area contributed by atoms with Crippen LogP contribution >= 0.6 is 11.3 Å². The smallest absolute Gasteiger partial charge is 0.172 e. The van der Waals surface area contributed by atoms with Crippen molar-refractivity contribution in [2.75, 3.05) is 25.5 Å². The number of thiophene rings is 1. The summed E-state index contributed by atoms with van der Waals surface area (Å²) in [6, 6.07) is 9.43. The van der Waals surface area contributed by atoms with Gasteiger partial charge in [0.25, 0.3) is 0 Å². The van der Waals surface area contributed by atoms with Crippen molar-refractivity contribution in [3.05, 3.63) is 63.4 Å². The van der Waals surface area contributed by atoms with E-state index >= 15 is 0 Å². The van der Waals surface area contributed by atoms with Crippen molar-refractivity contribution in [2.45, 2.75) is 51.5 Å². The molecule has 0 saturated carbocycles. The summed E-state index contributed by atoms with van der Waals surface area (Å²) in [6.07, 6.45) is 4.46. The lowest BCUT2D eigenvalue weighted by molar-refractivity contribution is -0.0343. The number of likely N-dealkylation sites (tertiary alicyclic amines) is 1. The summed E-state index contributed by atoms with van der Waals surface area (Å²) in [5.41, 5.74) is 6.32. The molecular formula is C31H34N2O5S. The van der Waals surface area contributed by atoms with Crippen LogP contribution in [0.2, 0.25) is 0 Å². The molecule has 39 heavy (non-hydrogen) atoms. The number of hydrogen-bond acceptors (Lipinski definition) is 8. The number of aliphatic hydroxyl groups is 2. The number of rotatable bonds is 4. The molecule has 1 fully saturated rings. The number of nitrogens with one attached hydrogen (secondary N) is 1. The van der Waals surface area contributed by atoms with Crippen molar-refractivity contribution < 1.29 is 24.8 Å². The number of fused-ring (bicyclic) bond motifs is 5. The first-order valence-corrected chi connectivity index (χ1v) is 14.2. The summed E-state index contributed by atoms with van der Waals surface area (Å²) in [4.78, 5) is 2.92. The van der Waals surface area contributed by atoms with Gasteiger partial charge in [-0.25, -0.2) is 0 Å². The quantitative estimate of drug-likeness (QED) is 0.315. The Morgan fingerprint density at radius 1 is 1.13 bits per heavy atom. The van der Waals surface area contributed by atoms with Crippen molar-refractivity contribution in [2.24, 2.45) is 0 Å². The maximum absolute atomic E-state index is 11.3. The van der Waals surface area contributed by atoms with Gasteiger partial charge in [-0.15, -0.1) is 11.3 Å². The van der Waals surface area contributed by atoms with Gasteiger partial charge in [-0.2, -0.15) is 0 Å². The Morgan fingerprint density at radius 3 is 2.64 bits per heavy atom. The van der Waals surface area contributed by atoms with E-state index in [1.54, 1.807) is 30.6 Å². The molecular weight excluding hydrogens is 512 g/mol. The zero-order valence-corrected chi connectivity index (χ0v) is 23.4. The van der Waals surface area contributed by atoms with Crippen molar-refractivity contribution in [3.8, 4) is 28.4 Å². The van der Waals surface area contributed by atoms with Crippen LogP contribution in [0.25, 0.3) is 28.5 Å². The van der Waals surface area contributed by atoms with Gasteiger partial charge in [0, 0.05) is 45.9 Å². The van der Waals surface area contributed by atoms with Crippen molar-refractivity contribution in [1.82, 2.24) is 4.90 Å². The fraction of sp³-hybridized carbons (Fsp3) is 0.355. The minimum Gasteiger partial charge on any atom is -0.504 e. The zero-order chi connectivity index (χ0) is 27.5. The highest BCUT2D eigenvalue weighted by atomic mass is 32.1. The van der Waals surface area contributed by atoms with E-state index in [1.165, 1.54) is 0 Å². The second kappa shape index (κ2) is 9.71. The van der Waals surface area contributed by atoms with Crippen LogP contribution in [-0.4, -0.2) is 52.1 Å². The number of benzene rings is 2. The lowest BCUT2D eigenvalue weighted by Gasteiger charge is -2.35. The average molecular weight is 547 g/mol. The van der Waals surface area contributed by atoms with E-state index in [0.29, 0.717) is 48.8 Å². The Morgan fingerprint density at radius 2 is 1.90 bits per heavy atom. The third-order valence-electron chi connectivity index (χ3n) is 7.78. The Kier molecular flexibility index (Phi) is 6.46. The number of ether oxygens (including phenoxy) is 2. The number of phenolic OH excluding ortho intramolecular Hbond substituents is 1. The number of phenols is 1. The minimum absolute atomic E-state index is 0.0535. The first kappa shape index (κ1) is 26.0. The summed E-state index contributed by atoms with van der Waals surface area (Å²) in [6.45, 7) is 7.68. The predicted molar refractivity (Wildman–Crippen MR) is 156 cm³/mol. The Labute approximate surface area is 232 Å². The Balaban J connectivity index is 1.52. The minimum atomic E-state index is -0.767. The average Bonchev–Trinajstić information content (AvgIpc) is 3.36. The van der Waals surface area contributed by atoms with Crippen LogP contribution in [0.15, 0.2) is 41.8 Å². The van der Waals surface area contributed by atoms with Gasteiger partial charge in [0.2, 0.25) is 0 Å². The molecule has 3 aliphatic rings. The summed E-state index contributed by atoms with van der Waals surface area (Å²) >= 11 is 1.55. The predicted octanol–water partition coefficient (Wildman–Crippen LogP) is 6.07. The molecule has 8 heteroatoms. The maximum Gasteiger partial charge on any atom is 0.172 e. The molecule has 1 unspecified atom stereocenters. The molecule has 1 saturated heterocycles. The lowest BCUT2D eigenvalue weighted by atomic mass is 9.83. The fourth-order valence-electron chi connectivity index (χ4n) is 6.06. The van der Waals surface area contributed by atoms with Gasteiger partial charge >= 0.3 is 0 Å². The number of aromatic hydroxyl groups is 1. The van der Waals surface area contributed by atoms with Crippen LogP contribution in [0.1, 0.15) is 61.4 Å². The number of nitrogens with zero attached hydrogens (tertiary/aromatic N) is 1. The molecule has 0 bridgehead atoms. The Bertz CT molecular complexity index is 1500. The van der Waals surface area contributed by atoms with Gasteiger partial charge in [0.1, 0.15) is 17.7 Å². The number of aliphatic hydroxyl groups excluding tert-OH is 2. The molecule has 1 aromatic heterocycles. The lowest BCUT2D eigenvalue weighted by Crippen LogP contribution is -2.38. The van der Waals surface area contributed by atoms with Gasteiger partial charge in [-0.05, 0) is 74.9 Å². The molecule has 0 amide bonds. The van der Waals surface area contributed by atoms with Crippen molar-refractivity contribution in [1.29, 1.82) is 0 Å². The first-order chi connectivity index (χ1) is 18.7. The normalized spacial score (nSPS) is 20.3. The van der Waals surface area contributed by atoms with E-state index in [4.69, 9.17) is 9.47 Å². The highest BCUT2D eigenvalue weighted by molar-refractivity contribution is 7.11. The van der Waals surface area contributed by atoms with E-state index < -0.39 is 6.23 Å². The molecule has 0 spiro atoms. The van der Waals surface area contributed by atoms with Crippen LogP contribution in [0.3, 0.4) is 0 Å². The van der Waals surface area contributed by atoms with Crippen molar-refractivity contribution >= 4 is 34.4 Å². The van der Waals surface area contributed by atoms with Crippen LogP contribution in [0.4, 0.5) is 5.69 Å². The third-order valence-corrected chi connectivity index (χ3v) is 8.66. The summed E-state index contributed by atoms with van der Waals surface area (Å²) in [7, 11) is 1.55. The number of piperidine rings is 1. The van der Waals surface area contributed by atoms with E-state index in [2.05, 4.69) is 44.3 Å². The summed E-state index contributed by atoms with van der Waals surface area (Å²) in [5.74, 6) is 1.69. The molecule has 0 aliphatic carbocycles.